The fraction of sp³-hybridized carbons (Fsp3) is 0.643. The fourth-order valence-electron chi connectivity index (χ4n) is 2.00. The highest BCUT2D eigenvalue weighted by Gasteiger charge is 2.22. The van der Waals surface area contributed by atoms with Crippen LogP contribution in [0.3, 0.4) is 0 Å². The number of amides is 1. The van der Waals surface area contributed by atoms with Crippen LogP contribution < -0.4 is 0 Å². The lowest BCUT2D eigenvalue weighted by atomic mass is 10.1. The molecule has 0 unspecified atom stereocenters. The molecule has 0 bridgehead atoms. The Morgan fingerprint density at radius 3 is 2.32 bits per heavy atom. The van der Waals surface area contributed by atoms with Gasteiger partial charge in [0, 0.05) is 38.8 Å². The van der Waals surface area contributed by atoms with Crippen LogP contribution in [-0.2, 0) is 4.79 Å². The Kier molecular flexibility index (Phi) is 6.25. The molecule has 1 aliphatic heterocycles. The molecule has 1 fully saturated rings. The standard InChI is InChI=1S/C14H24N4O/c1-5-6-16-14(15-4)18-9-7-17(8-10-18)13(19)11-12(2)3/h5-6,12H,4,7-11H2,1-3H3/b6-5-,16-14+. The Labute approximate surface area is 115 Å². The third kappa shape index (κ3) is 4.85. The van der Waals surface area contributed by atoms with Crippen molar-refractivity contribution >= 4 is 18.6 Å². The van der Waals surface area contributed by atoms with Crippen LogP contribution in [0.15, 0.2) is 22.3 Å². The predicted octanol–water partition coefficient (Wildman–Crippen LogP) is 1.77. The Morgan fingerprint density at radius 1 is 1.26 bits per heavy atom. The van der Waals surface area contributed by atoms with Crippen LogP contribution in [0.25, 0.3) is 0 Å². The molecular weight excluding hydrogens is 240 g/mol. The van der Waals surface area contributed by atoms with Crippen LogP contribution in [-0.4, -0.2) is 54.6 Å². The van der Waals surface area contributed by atoms with Crippen molar-refractivity contribution in [3.05, 3.63) is 12.3 Å². The van der Waals surface area contributed by atoms with Gasteiger partial charge in [-0.15, -0.1) is 0 Å². The van der Waals surface area contributed by atoms with Crippen LogP contribution in [0.2, 0.25) is 0 Å². The first kappa shape index (κ1) is 15.4. The van der Waals surface area contributed by atoms with Gasteiger partial charge in [-0.1, -0.05) is 19.9 Å². The van der Waals surface area contributed by atoms with Crippen LogP contribution in [0.1, 0.15) is 27.2 Å². The average molecular weight is 264 g/mol. The van der Waals surface area contributed by atoms with Crippen molar-refractivity contribution < 1.29 is 4.79 Å². The molecule has 0 aliphatic carbocycles. The van der Waals surface area contributed by atoms with Crippen molar-refractivity contribution in [3.8, 4) is 0 Å². The van der Waals surface area contributed by atoms with Crippen LogP contribution in [0, 0.1) is 5.92 Å². The highest BCUT2D eigenvalue weighted by Crippen LogP contribution is 2.09. The molecule has 0 spiro atoms. The molecule has 5 heteroatoms. The van der Waals surface area contributed by atoms with Gasteiger partial charge in [0.05, 0.1) is 0 Å². The van der Waals surface area contributed by atoms with Crippen molar-refractivity contribution in [1.29, 1.82) is 0 Å². The molecule has 0 saturated carbocycles. The number of hydrogen-bond acceptors (Lipinski definition) is 2. The minimum Gasteiger partial charge on any atom is -0.339 e. The van der Waals surface area contributed by atoms with Gasteiger partial charge >= 0.3 is 0 Å². The molecule has 0 aromatic heterocycles. The molecule has 1 amide bonds. The summed E-state index contributed by atoms with van der Waals surface area (Å²) >= 11 is 0. The van der Waals surface area contributed by atoms with Crippen LogP contribution in [0.4, 0.5) is 0 Å². The molecule has 0 atom stereocenters. The van der Waals surface area contributed by atoms with E-state index >= 15 is 0 Å². The van der Waals surface area contributed by atoms with E-state index in [-0.39, 0.29) is 5.91 Å². The van der Waals surface area contributed by atoms with Gasteiger partial charge in [0.15, 0.2) is 0 Å². The van der Waals surface area contributed by atoms with Gasteiger partial charge in [-0.2, -0.15) is 0 Å². The minimum atomic E-state index is 0.244. The molecule has 1 saturated heterocycles. The molecule has 0 radical (unpaired) electrons. The lowest BCUT2D eigenvalue weighted by Crippen LogP contribution is -2.50. The van der Waals surface area contributed by atoms with E-state index in [0.29, 0.717) is 18.3 Å². The van der Waals surface area contributed by atoms with E-state index < -0.39 is 0 Å². The second-order valence-electron chi connectivity index (χ2n) is 5.04. The van der Waals surface area contributed by atoms with Gasteiger partial charge in [0.25, 0.3) is 0 Å². The van der Waals surface area contributed by atoms with Crippen molar-refractivity contribution in [2.45, 2.75) is 27.2 Å². The summed E-state index contributed by atoms with van der Waals surface area (Å²) in [5.41, 5.74) is 0. The number of carbonyl (C=O) groups is 1. The Hall–Kier alpha value is -1.65. The van der Waals surface area contributed by atoms with Gasteiger partial charge in [-0.25, -0.2) is 9.98 Å². The van der Waals surface area contributed by atoms with Crippen molar-refractivity contribution in [3.63, 3.8) is 0 Å². The summed E-state index contributed by atoms with van der Waals surface area (Å²) in [6, 6.07) is 0. The van der Waals surface area contributed by atoms with Gasteiger partial charge in [-0.3, -0.25) is 4.79 Å². The lowest BCUT2D eigenvalue weighted by molar-refractivity contribution is -0.133. The highest BCUT2D eigenvalue weighted by atomic mass is 16.2. The number of carbonyl (C=O) groups excluding carboxylic acids is 1. The zero-order valence-corrected chi connectivity index (χ0v) is 12.2. The Bertz CT molecular complexity index is 366. The maximum atomic E-state index is 12.0. The maximum absolute atomic E-state index is 12.0. The molecule has 0 N–H and O–H groups in total. The molecule has 1 heterocycles. The lowest BCUT2D eigenvalue weighted by Gasteiger charge is -2.35. The fourth-order valence-corrected chi connectivity index (χ4v) is 2.00. The van der Waals surface area contributed by atoms with Crippen molar-refractivity contribution in [1.82, 2.24) is 9.80 Å². The van der Waals surface area contributed by atoms with E-state index in [2.05, 4.69) is 35.4 Å². The third-order valence-electron chi connectivity index (χ3n) is 2.98. The van der Waals surface area contributed by atoms with E-state index in [4.69, 9.17) is 0 Å². The SMILES string of the molecule is C=N/C(=N\C=C/C)N1CCN(C(=O)CC(C)C)CC1. The topological polar surface area (TPSA) is 48.3 Å². The molecule has 1 rings (SSSR count). The van der Waals surface area contributed by atoms with Crippen LogP contribution >= 0.6 is 0 Å². The summed E-state index contributed by atoms with van der Waals surface area (Å²) in [5.74, 6) is 1.29. The van der Waals surface area contributed by atoms with Crippen LogP contribution in [0.5, 0.6) is 0 Å². The molecular formula is C14H24N4O. The summed E-state index contributed by atoms with van der Waals surface area (Å²) in [6.45, 7) is 12.6. The number of piperazine rings is 1. The first-order valence-electron chi connectivity index (χ1n) is 6.77. The second-order valence-corrected chi connectivity index (χ2v) is 5.04. The first-order valence-corrected chi connectivity index (χ1v) is 6.77. The number of nitrogens with zero attached hydrogens (tertiary/aromatic N) is 4. The van der Waals surface area contributed by atoms with Gasteiger partial charge < -0.3 is 9.80 Å². The second kappa shape index (κ2) is 7.71. The maximum Gasteiger partial charge on any atom is 0.224 e. The summed E-state index contributed by atoms with van der Waals surface area (Å²) in [4.78, 5) is 24.1. The Morgan fingerprint density at radius 2 is 1.84 bits per heavy atom. The molecule has 0 aromatic carbocycles. The molecule has 19 heavy (non-hydrogen) atoms. The zero-order chi connectivity index (χ0) is 14.3. The smallest absolute Gasteiger partial charge is 0.224 e. The Balaban J connectivity index is 2.52. The summed E-state index contributed by atoms with van der Waals surface area (Å²) in [5, 5.41) is 0. The van der Waals surface area contributed by atoms with E-state index in [1.807, 2.05) is 17.9 Å². The number of guanidine groups is 1. The van der Waals surface area contributed by atoms with Crippen molar-refractivity contribution in [2.75, 3.05) is 26.2 Å². The quantitative estimate of drug-likeness (QED) is 0.576. The number of hydrogen-bond donors (Lipinski definition) is 0. The number of aliphatic imine (C=N–C) groups is 2. The summed E-state index contributed by atoms with van der Waals surface area (Å²) in [7, 11) is 0. The number of rotatable bonds is 3. The monoisotopic (exact) mass is 264 g/mol. The van der Waals surface area contributed by atoms with E-state index in [1.54, 1.807) is 6.20 Å². The summed E-state index contributed by atoms with van der Waals surface area (Å²) in [6.07, 6.45) is 4.19. The third-order valence-corrected chi connectivity index (χ3v) is 2.98. The molecule has 5 nitrogen and oxygen atoms in total. The van der Waals surface area contributed by atoms with Gasteiger partial charge in [0.1, 0.15) is 0 Å². The first-order chi connectivity index (χ1) is 9.08. The van der Waals surface area contributed by atoms with Crippen molar-refractivity contribution in [2.24, 2.45) is 15.9 Å². The van der Waals surface area contributed by atoms with Gasteiger partial charge in [-0.05, 0) is 19.6 Å². The molecule has 106 valence electrons. The molecule has 0 aromatic rings. The normalized spacial score (nSPS) is 17.4. The average Bonchev–Trinajstić information content (AvgIpc) is 2.39. The highest BCUT2D eigenvalue weighted by molar-refractivity contribution is 5.85. The molecule has 1 aliphatic rings. The largest absolute Gasteiger partial charge is 0.339 e. The zero-order valence-electron chi connectivity index (χ0n) is 12.2. The van der Waals surface area contributed by atoms with Gasteiger partial charge in [0.2, 0.25) is 11.9 Å². The van der Waals surface area contributed by atoms with E-state index in [0.717, 1.165) is 26.2 Å². The van der Waals surface area contributed by atoms with E-state index in [9.17, 15) is 4.79 Å². The van der Waals surface area contributed by atoms with E-state index in [1.165, 1.54) is 0 Å². The minimum absolute atomic E-state index is 0.244. The number of allylic oxidation sites excluding steroid dienone is 1. The predicted molar refractivity (Wildman–Crippen MR) is 79.4 cm³/mol. The summed E-state index contributed by atoms with van der Waals surface area (Å²) < 4.78 is 0.